The fourth-order valence-corrected chi connectivity index (χ4v) is 3.68. The molecule has 0 bridgehead atoms. The van der Waals surface area contributed by atoms with E-state index in [2.05, 4.69) is 10.0 Å². The highest BCUT2D eigenvalue weighted by Crippen LogP contribution is 2.21. The van der Waals surface area contributed by atoms with Crippen molar-refractivity contribution in [3.8, 4) is 11.5 Å². The van der Waals surface area contributed by atoms with E-state index in [1.165, 1.54) is 42.5 Å². The maximum atomic E-state index is 13.5. The summed E-state index contributed by atoms with van der Waals surface area (Å²) in [7, 11) is -3.80. The van der Waals surface area contributed by atoms with Crippen molar-refractivity contribution in [1.29, 1.82) is 0 Å². The van der Waals surface area contributed by atoms with Gasteiger partial charge in [-0.25, -0.2) is 12.8 Å². The van der Waals surface area contributed by atoms with Gasteiger partial charge in [0.2, 0.25) is 0 Å². The molecule has 31 heavy (non-hydrogen) atoms. The second-order valence-corrected chi connectivity index (χ2v) is 8.04. The van der Waals surface area contributed by atoms with E-state index >= 15 is 0 Å². The van der Waals surface area contributed by atoms with E-state index in [4.69, 9.17) is 9.47 Å². The maximum absolute atomic E-state index is 13.5. The zero-order chi connectivity index (χ0) is 22.3. The number of sulfonamides is 1. The van der Waals surface area contributed by atoms with Crippen molar-refractivity contribution < 1.29 is 27.1 Å². The Morgan fingerprint density at radius 2 is 1.55 bits per heavy atom. The molecule has 0 unspecified atom stereocenters. The van der Waals surface area contributed by atoms with Gasteiger partial charge in [-0.15, -0.1) is 0 Å². The van der Waals surface area contributed by atoms with Crippen molar-refractivity contribution in [1.82, 2.24) is 0 Å². The van der Waals surface area contributed by atoms with Crippen LogP contribution in [0.4, 0.5) is 15.8 Å². The first-order valence-electron chi connectivity index (χ1n) is 9.40. The molecule has 0 aliphatic rings. The summed E-state index contributed by atoms with van der Waals surface area (Å²) in [6.45, 7) is 1.99. The first kappa shape index (κ1) is 22.1. The summed E-state index contributed by atoms with van der Waals surface area (Å²) in [6, 6.07) is 17.9. The van der Waals surface area contributed by atoms with Crippen LogP contribution >= 0.6 is 0 Å². The van der Waals surface area contributed by atoms with Gasteiger partial charge in [0.15, 0.2) is 18.2 Å². The van der Waals surface area contributed by atoms with Gasteiger partial charge in [0.25, 0.3) is 15.9 Å². The zero-order valence-electron chi connectivity index (χ0n) is 16.7. The summed E-state index contributed by atoms with van der Waals surface area (Å²) in [5, 5.41) is 2.56. The Morgan fingerprint density at radius 1 is 0.903 bits per heavy atom. The quantitative estimate of drug-likeness (QED) is 0.520. The molecular weight excluding hydrogens is 423 g/mol. The van der Waals surface area contributed by atoms with Crippen LogP contribution in [-0.2, 0) is 14.8 Å². The van der Waals surface area contributed by atoms with Crippen molar-refractivity contribution in [2.75, 3.05) is 23.3 Å². The molecular formula is C22H21FN2O5S. The van der Waals surface area contributed by atoms with Gasteiger partial charge in [-0.2, -0.15) is 0 Å². The third kappa shape index (κ3) is 6.19. The number of amides is 1. The lowest BCUT2D eigenvalue weighted by Gasteiger charge is -2.11. The molecule has 0 aromatic heterocycles. The van der Waals surface area contributed by atoms with Gasteiger partial charge in [0.1, 0.15) is 5.75 Å². The average Bonchev–Trinajstić information content (AvgIpc) is 2.75. The summed E-state index contributed by atoms with van der Waals surface area (Å²) in [5.74, 6) is -0.458. The summed E-state index contributed by atoms with van der Waals surface area (Å²) >= 11 is 0. The predicted molar refractivity (Wildman–Crippen MR) is 115 cm³/mol. The van der Waals surface area contributed by atoms with Crippen LogP contribution < -0.4 is 19.5 Å². The fraction of sp³-hybridized carbons (Fsp3) is 0.136. The highest BCUT2D eigenvalue weighted by atomic mass is 32.2. The number of hydrogen-bond donors (Lipinski definition) is 2. The van der Waals surface area contributed by atoms with Gasteiger partial charge in [0, 0.05) is 11.4 Å². The molecule has 0 aliphatic heterocycles. The number of benzene rings is 3. The Balaban J connectivity index is 1.58. The summed E-state index contributed by atoms with van der Waals surface area (Å²) in [5.41, 5.74) is 0.772. The predicted octanol–water partition coefficient (Wildman–Crippen LogP) is 4.04. The molecule has 0 saturated heterocycles. The van der Waals surface area contributed by atoms with Crippen molar-refractivity contribution in [3.05, 3.63) is 78.6 Å². The van der Waals surface area contributed by atoms with Crippen LogP contribution in [0, 0.1) is 5.82 Å². The van der Waals surface area contributed by atoms with Crippen LogP contribution in [0.5, 0.6) is 11.5 Å². The number of rotatable bonds is 9. The molecule has 3 aromatic carbocycles. The van der Waals surface area contributed by atoms with Crippen molar-refractivity contribution in [2.24, 2.45) is 0 Å². The number of halogens is 1. The molecule has 0 saturated carbocycles. The van der Waals surface area contributed by atoms with Crippen LogP contribution in [0.2, 0.25) is 0 Å². The smallest absolute Gasteiger partial charge is 0.262 e. The molecule has 0 fully saturated rings. The number of hydrogen-bond acceptors (Lipinski definition) is 5. The number of anilines is 2. The number of nitrogens with one attached hydrogen (secondary N) is 2. The molecule has 3 rings (SSSR count). The molecule has 0 aliphatic carbocycles. The number of carbonyl (C=O) groups excluding carboxylic acids is 1. The third-order valence-electron chi connectivity index (χ3n) is 4.06. The minimum absolute atomic E-state index is 0.0283. The highest BCUT2D eigenvalue weighted by molar-refractivity contribution is 7.92. The Bertz CT molecular complexity index is 1130. The van der Waals surface area contributed by atoms with Crippen LogP contribution in [0.15, 0.2) is 77.7 Å². The van der Waals surface area contributed by atoms with Crippen LogP contribution in [0.1, 0.15) is 6.92 Å². The Labute approximate surface area is 179 Å². The zero-order valence-corrected chi connectivity index (χ0v) is 17.5. The summed E-state index contributed by atoms with van der Waals surface area (Å²) < 4.78 is 51.6. The standard InChI is InChI=1S/C22H21FN2O5S/c1-2-29-18-11-7-17(8-12-18)25-31(27,28)19-13-9-16(10-14-19)24-22(26)15-30-21-6-4-3-5-20(21)23/h3-14,25H,2,15H2,1H3,(H,24,26). The number of para-hydroxylation sites is 1. The van der Waals surface area contributed by atoms with Crippen LogP contribution in [-0.4, -0.2) is 27.5 Å². The molecule has 3 aromatic rings. The van der Waals surface area contributed by atoms with E-state index in [1.807, 2.05) is 6.92 Å². The van der Waals surface area contributed by atoms with Crippen LogP contribution in [0.25, 0.3) is 0 Å². The van der Waals surface area contributed by atoms with Crippen LogP contribution in [0.3, 0.4) is 0 Å². The lowest BCUT2D eigenvalue weighted by atomic mass is 10.3. The molecule has 162 valence electrons. The molecule has 7 nitrogen and oxygen atoms in total. The van der Waals surface area contributed by atoms with Gasteiger partial charge >= 0.3 is 0 Å². The topological polar surface area (TPSA) is 93.7 Å². The highest BCUT2D eigenvalue weighted by Gasteiger charge is 2.15. The lowest BCUT2D eigenvalue weighted by Crippen LogP contribution is -2.20. The monoisotopic (exact) mass is 444 g/mol. The SMILES string of the molecule is CCOc1ccc(NS(=O)(=O)c2ccc(NC(=O)COc3ccccc3F)cc2)cc1. The second-order valence-electron chi connectivity index (χ2n) is 6.35. The number of ether oxygens (including phenoxy) is 2. The molecule has 0 radical (unpaired) electrons. The minimum Gasteiger partial charge on any atom is -0.494 e. The van der Waals surface area contributed by atoms with E-state index in [0.29, 0.717) is 23.7 Å². The lowest BCUT2D eigenvalue weighted by molar-refractivity contribution is -0.118. The first-order valence-corrected chi connectivity index (χ1v) is 10.9. The third-order valence-corrected chi connectivity index (χ3v) is 5.46. The van der Waals surface area contributed by atoms with Gasteiger partial charge in [-0.1, -0.05) is 12.1 Å². The Kier molecular flexibility index (Phi) is 7.09. The average molecular weight is 444 g/mol. The Morgan fingerprint density at radius 3 is 2.19 bits per heavy atom. The molecule has 2 N–H and O–H groups in total. The first-order chi connectivity index (χ1) is 14.9. The largest absolute Gasteiger partial charge is 0.494 e. The van der Waals surface area contributed by atoms with Crippen molar-refractivity contribution in [3.63, 3.8) is 0 Å². The summed E-state index contributed by atoms with van der Waals surface area (Å²) in [6.07, 6.45) is 0. The van der Waals surface area contributed by atoms with Crippen molar-refractivity contribution >= 4 is 27.3 Å². The van der Waals surface area contributed by atoms with Gasteiger partial charge in [-0.05, 0) is 67.6 Å². The molecule has 9 heteroatoms. The number of carbonyl (C=O) groups is 1. The fourth-order valence-electron chi connectivity index (χ4n) is 2.62. The van der Waals surface area contributed by atoms with E-state index in [0.717, 1.165) is 0 Å². The van der Waals surface area contributed by atoms with E-state index < -0.39 is 21.7 Å². The Hall–Kier alpha value is -3.59. The van der Waals surface area contributed by atoms with E-state index in [-0.39, 0.29) is 17.3 Å². The second kappa shape index (κ2) is 9.94. The normalized spacial score (nSPS) is 10.9. The summed E-state index contributed by atoms with van der Waals surface area (Å²) in [4.78, 5) is 12.0. The van der Waals surface area contributed by atoms with Gasteiger partial charge in [-0.3, -0.25) is 9.52 Å². The van der Waals surface area contributed by atoms with Gasteiger partial charge < -0.3 is 14.8 Å². The molecule has 1 amide bonds. The molecule has 0 heterocycles. The maximum Gasteiger partial charge on any atom is 0.262 e. The van der Waals surface area contributed by atoms with Crippen molar-refractivity contribution in [2.45, 2.75) is 11.8 Å². The van der Waals surface area contributed by atoms with E-state index in [1.54, 1.807) is 30.3 Å². The van der Waals surface area contributed by atoms with E-state index in [9.17, 15) is 17.6 Å². The molecule has 0 atom stereocenters. The minimum atomic E-state index is -3.80. The molecule has 0 spiro atoms. The van der Waals surface area contributed by atoms with Gasteiger partial charge in [0.05, 0.1) is 11.5 Å².